The average molecular weight is 268 g/mol. The molecule has 0 aromatic carbocycles. The van der Waals surface area contributed by atoms with Gasteiger partial charge in [-0.1, -0.05) is 11.6 Å². The van der Waals surface area contributed by atoms with Crippen LogP contribution in [0.1, 0.15) is 10.5 Å². The van der Waals surface area contributed by atoms with Crippen LogP contribution in [0.5, 0.6) is 5.75 Å². The van der Waals surface area contributed by atoms with Crippen molar-refractivity contribution < 1.29 is 14.3 Å². The van der Waals surface area contributed by atoms with Gasteiger partial charge in [0.1, 0.15) is 0 Å². The average Bonchev–Trinajstić information content (AvgIpc) is 2.91. The summed E-state index contributed by atoms with van der Waals surface area (Å²) in [6.45, 7) is 0. The van der Waals surface area contributed by atoms with Crippen molar-refractivity contribution in [3.8, 4) is 11.6 Å². The van der Waals surface area contributed by atoms with Crippen molar-refractivity contribution in [2.45, 2.75) is 0 Å². The summed E-state index contributed by atoms with van der Waals surface area (Å²) in [4.78, 5) is 15.6. The van der Waals surface area contributed by atoms with Gasteiger partial charge in [0.15, 0.2) is 17.3 Å². The normalized spacial score (nSPS) is 10.2. The molecule has 0 bridgehead atoms. The van der Waals surface area contributed by atoms with Crippen LogP contribution < -0.4 is 4.74 Å². The number of esters is 1. The molecule has 0 spiro atoms. The summed E-state index contributed by atoms with van der Waals surface area (Å²) in [7, 11) is 2.75. The van der Waals surface area contributed by atoms with E-state index in [9.17, 15) is 4.79 Å². The second-order valence-corrected chi connectivity index (χ2v) is 3.69. The molecule has 0 saturated carbocycles. The first-order valence-corrected chi connectivity index (χ1v) is 5.38. The van der Waals surface area contributed by atoms with Crippen LogP contribution in [0.2, 0.25) is 5.02 Å². The van der Waals surface area contributed by atoms with Crippen LogP contribution in [-0.2, 0) is 4.74 Å². The lowest BCUT2D eigenvalue weighted by molar-refractivity contribution is 0.0594. The minimum Gasteiger partial charge on any atom is -0.493 e. The number of hydrogen-bond acceptors (Lipinski definition) is 5. The Morgan fingerprint density at radius 1 is 1.44 bits per heavy atom. The van der Waals surface area contributed by atoms with Crippen LogP contribution in [0.25, 0.3) is 5.82 Å². The zero-order valence-corrected chi connectivity index (χ0v) is 10.5. The number of carbonyl (C=O) groups is 1. The lowest BCUT2D eigenvalue weighted by Crippen LogP contribution is -2.10. The maximum atomic E-state index is 11.5. The number of aromatic nitrogens is 3. The highest BCUT2D eigenvalue weighted by atomic mass is 35.5. The molecule has 0 aliphatic rings. The van der Waals surface area contributed by atoms with Crippen LogP contribution >= 0.6 is 11.6 Å². The molecule has 2 aromatic heterocycles. The van der Waals surface area contributed by atoms with Crippen LogP contribution in [-0.4, -0.2) is 35.0 Å². The Morgan fingerprint density at radius 3 is 2.78 bits per heavy atom. The maximum absolute atomic E-state index is 11.5. The molecule has 0 fully saturated rings. The first-order valence-electron chi connectivity index (χ1n) is 5.00. The van der Waals surface area contributed by atoms with Gasteiger partial charge in [0.05, 0.1) is 19.2 Å². The summed E-state index contributed by atoms with van der Waals surface area (Å²) in [5.74, 6) is 0.166. The minimum atomic E-state index is -0.615. The van der Waals surface area contributed by atoms with E-state index in [4.69, 9.17) is 16.3 Å². The van der Waals surface area contributed by atoms with E-state index in [1.54, 1.807) is 18.5 Å². The van der Waals surface area contributed by atoms with Crippen molar-refractivity contribution >= 4 is 17.6 Å². The van der Waals surface area contributed by atoms with Gasteiger partial charge in [0, 0.05) is 18.5 Å². The smallest absolute Gasteiger partial charge is 0.358 e. The summed E-state index contributed by atoms with van der Waals surface area (Å²) in [5.41, 5.74) is 0.0190. The first kappa shape index (κ1) is 12.4. The van der Waals surface area contributed by atoms with E-state index in [1.807, 2.05) is 0 Å². The quantitative estimate of drug-likeness (QED) is 0.792. The molecule has 2 heterocycles. The summed E-state index contributed by atoms with van der Waals surface area (Å²) in [6, 6.07) is 3.23. The molecule has 7 heteroatoms. The summed E-state index contributed by atoms with van der Waals surface area (Å²) < 4.78 is 11.2. The van der Waals surface area contributed by atoms with E-state index in [2.05, 4.69) is 14.8 Å². The predicted molar refractivity (Wildman–Crippen MR) is 64.3 cm³/mol. The molecule has 0 unspecified atom stereocenters. The molecule has 0 saturated heterocycles. The van der Waals surface area contributed by atoms with Gasteiger partial charge in [-0.3, -0.25) is 0 Å². The van der Waals surface area contributed by atoms with E-state index < -0.39 is 5.97 Å². The monoisotopic (exact) mass is 267 g/mol. The van der Waals surface area contributed by atoms with Crippen molar-refractivity contribution in [2.24, 2.45) is 0 Å². The van der Waals surface area contributed by atoms with Crippen molar-refractivity contribution in [1.29, 1.82) is 0 Å². The second-order valence-electron chi connectivity index (χ2n) is 3.29. The first-order chi connectivity index (χ1) is 8.67. The molecule has 0 atom stereocenters. The maximum Gasteiger partial charge on any atom is 0.358 e. The van der Waals surface area contributed by atoms with Gasteiger partial charge in [-0.05, 0) is 6.07 Å². The molecule has 0 N–H and O–H groups in total. The van der Waals surface area contributed by atoms with E-state index in [0.717, 1.165) is 0 Å². The highest BCUT2D eigenvalue weighted by Crippen LogP contribution is 2.27. The number of pyridine rings is 1. The summed E-state index contributed by atoms with van der Waals surface area (Å²) in [5, 5.41) is 4.19. The zero-order chi connectivity index (χ0) is 13.1. The topological polar surface area (TPSA) is 66.2 Å². The van der Waals surface area contributed by atoms with E-state index in [1.165, 1.54) is 25.0 Å². The molecule has 2 rings (SSSR count). The minimum absolute atomic E-state index is 0.0190. The lowest BCUT2D eigenvalue weighted by Gasteiger charge is -2.10. The van der Waals surface area contributed by atoms with Gasteiger partial charge in [-0.25, -0.2) is 14.5 Å². The molecule has 18 heavy (non-hydrogen) atoms. The van der Waals surface area contributed by atoms with Crippen LogP contribution in [0.3, 0.4) is 0 Å². The molecule has 0 aliphatic carbocycles. The fourth-order valence-electron chi connectivity index (χ4n) is 1.41. The standard InChI is InChI=1S/C11H10ClN3O3/c1-17-8-6-7(12)9(11(16)18-2)14-10(8)15-5-3-4-13-15/h3-6H,1-2H3. The second kappa shape index (κ2) is 5.05. The van der Waals surface area contributed by atoms with Crippen LogP contribution in [0.15, 0.2) is 24.5 Å². The van der Waals surface area contributed by atoms with E-state index in [0.29, 0.717) is 11.6 Å². The third kappa shape index (κ3) is 2.14. The molecule has 0 radical (unpaired) electrons. The third-order valence-electron chi connectivity index (χ3n) is 2.24. The largest absolute Gasteiger partial charge is 0.493 e. The highest BCUT2D eigenvalue weighted by molar-refractivity contribution is 6.33. The summed E-state index contributed by atoms with van der Waals surface area (Å²) in [6.07, 6.45) is 3.27. The zero-order valence-electron chi connectivity index (χ0n) is 9.75. The molecule has 94 valence electrons. The molecule has 6 nitrogen and oxygen atoms in total. The van der Waals surface area contributed by atoms with E-state index >= 15 is 0 Å². The van der Waals surface area contributed by atoms with Crippen molar-refractivity contribution in [2.75, 3.05) is 14.2 Å². The van der Waals surface area contributed by atoms with Crippen LogP contribution in [0.4, 0.5) is 0 Å². The van der Waals surface area contributed by atoms with Gasteiger partial charge < -0.3 is 9.47 Å². The lowest BCUT2D eigenvalue weighted by atomic mass is 10.3. The molecule has 0 amide bonds. The number of nitrogens with zero attached hydrogens (tertiary/aromatic N) is 3. The van der Waals surface area contributed by atoms with Crippen molar-refractivity contribution in [3.63, 3.8) is 0 Å². The molecular formula is C11H10ClN3O3. The summed E-state index contributed by atoms with van der Waals surface area (Å²) >= 11 is 5.94. The van der Waals surface area contributed by atoms with Gasteiger partial charge in [-0.15, -0.1) is 0 Å². The Labute approximate surface area is 108 Å². The van der Waals surface area contributed by atoms with Crippen molar-refractivity contribution in [3.05, 3.63) is 35.2 Å². The Balaban J connectivity index is 2.60. The van der Waals surface area contributed by atoms with Gasteiger partial charge >= 0.3 is 5.97 Å². The molecule has 2 aromatic rings. The number of ether oxygens (including phenoxy) is 2. The van der Waals surface area contributed by atoms with Gasteiger partial charge in [0.2, 0.25) is 0 Å². The van der Waals surface area contributed by atoms with Gasteiger partial charge in [-0.2, -0.15) is 5.10 Å². The van der Waals surface area contributed by atoms with Crippen molar-refractivity contribution in [1.82, 2.24) is 14.8 Å². The van der Waals surface area contributed by atoms with Gasteiger partial charge in [0.25, 0.3) is 0 Å². The Morgan fingerprint density at radius 2 is 2.22 bits per heavy atom. The SMILES string of the molecule is COC(=O)c1nc(-n2cccn2)c(OC)cc1Cl. The fraction of sp³-hybridized carbons (Fsp3) is 0.182. The number of rotatable bonds is 3. The predicted octanol–water partition coefficient (Wildman–Crippen LogP) is 1.72. The number of halogens is 1. The highest BCUT2D eigenvalue weighted by Gasteiger charge is 2.18. The Kier molecular flexibility index (Phi) is 3.47. The molecule has 0 aliphatic heterocycles. The fourth-order valence-corrected chi connectivity index (χ4v) is 1.63. The Bertz CT molecular complexity index is 569. The number of hydrogen-bond donors (Lipinski definition) is 0. The number of methoxy groups -OCH3 is 2. The molecular weight excluding hydrogens is 258 g/mol. The third-order valence-corrected chi connectivity index (χ3v) is 2.53. The van der Waals surface area contributed by atoms with Crippen LogP contribution in [0, 0.1) is 0 Å². The van der Waals surface area contributed by atoms with E-state index in [-0.39, 0.29) is 10.7 Å². The number of carbonyl (C=O) groups excluding carboxylic acids is 1. The Hall–Kier alpha value is -2.08.